The number of aromatic nitrogens is 5. The summed E-state index contributed by atoms with van der Waals surface area (Å²) in [6, 6.07) is 10.4. The van der Waals surface area contributed by atoms with Crippen LogP contribution in [0.2, 0.25) is 0 Å². The molecular formula is C20H16N6S. The number of nitrogens with one attached hydrogen (secondary N) is 1. The summed E-state index contributed by atoms with van der Waals surface area (Å²) in [5.74, 6) is 2.03. The minimum Gasteiger partial charge on any atom is -0.365 e. The maximum absolute atomic E-state index is 4.80. The van der Waals surface area contributed by atoms with Gasteiger partial charge in [0.25, 0.3) is 5.95 Å². The van der Waals surface area contributed by atoms with Crippen LogP contribution in [-0.4, -0.2) is 24.7 Å². The molecule has 7 heteroatoms. The van der Waals surface area contributed by atoms with Gasteiger partial charge in [-0.1, -0.05) is 36.4 Å². The molecule has 1 unspecified atom stereocenters. The van der Waals surface area contributed by atoms with E-state index >= 15 is 0 Å². The molecule has 0 spiro atoms. The Kier molecular flexibility index (Phi) is 3.19. The number of nitrogens with zero attached hydrogens (tertiary/aromatic N) is 5. The molecule has 2 aliphatic rings. The first-order valence-corrected chi connectivity index (χ1v) is 9.88. The van der Waals surface area contributed by atoms with Crippen molar-refractivity contribution in [2.45, 2.75) is 25.3 Å². The van der Waals surface area contributed by atoms with Gasteiger partial charge in [-0.3, -0.25) is 0 Å². The Labute approximate surface area is 159 Å². The highest BCUT2D eigenvalue weighted by Crippen LogP contribution is 2.59. The fourth-order valence-corrected chi connectivity index (χ4v) is 5.38. The van der Waals surface area contributed by atoms with Crippen LogP contribution in [0.4, 0.5) is 5.82 Å². The lowest BCUT2D eigenvalue weighted by Crippen LogP contribution is -2.11. The number of allylic oxidation sites excluding steroid dienone is 2. The van der Waals surface area contributed by atoms with Gasteiger partial charge in [0.05, 0.1) is 5.39 Å². The third-order valence-electron chi connectivity index (χ3n) is 5.29. The molecule has 1 aromatic carbocycles. The Hall–Kier alpha value is -3.06. The van der Waals surface area contributed by atoms with Crippen LogP contribution >= 0.6 is 11.3 Å². The summed E-state index contributed by atoms with van der Waals surface area (Å²) in [5, 5.41) is 8.89. The zero-order valence-electron chi connectivity index (χ0n) is 14.5. The monoisotopic (exact) mass is 372 g/mol. The molecule has 0 saturated heterocycles. The van der Waals surface area contributed by atoms with E-state index in [1.165, 1.54) is 40.7 Å². The molecule has 6 nitrogen and oxygen atoms in total. The van der Waals surface area contributed by atoms with Gasteiger partial charge >= 0.3 is 0 Å². The van der Waals surface area contributed by atoms with Gasteiger partial charge in [-0.2, -0.15) is 19.7 Å². The van der Waals surface area contributed by atoms with Crippen LogP contribution in [0.3, 0.4) is 0 Å². The van der Waals surface area contributed by atoms with E-state index in [2.05, 4.69) is 45.7 Å². The van der Waals surface area contributed by atoms with E-state index in [-0.39, 0.29) is 0 Å². The Morgan fingerprint density at radius 2 is 2.11 bits per heavy atom. The van der Waals surface area contributed by atoms with E-state index in [0.717, 1.165) is 22.6 Å². The minimum atomic E-state index is 0.552. The van der Waals surface area contributed by atoms with Crippen molar-refractivity contribution in [2.24, 2.45) is 0 Å². The lowest BCUT2D eigenvalue weighted by atomic mass is 9.80. The smallest absolute Gasteiger partial charge is 0.255 e. The summed E-state index contributed by atoms with van der Waals surface area (Å²) in [6.07, 6.45) is 7.92. The summed E-state index contributed by atoms with van der Waals surface area (Å²) < 4.78 is 1.62. The summed E-state index contributed by atoms with van der Waals surface area (Å²) in [7, 11) is 0. The molecule has 0 bridgehead atoms. The third kappa shape index (κ3) is 2.24. The van der Waals surface area contributed by atoms with Crippen LogP contribution in [0.15, 0.2) is 49.1 Å². The molecule has 3 heterocycles. The van der Waals surface area contributed by atoms with E-state index in [0.29, 0.717) is 11.9 Å². The maximum Gasteiger partial charge on any atom is 0.255 e. The van der Waals surface area contributed by atoms with Crippen molar-refractivity contribution < 1.29 is 0 Å². The number of anilines is 1. The van der Waals surface area contributed by atoms with Crippen molar-refractivity contribution >= 4 is 32.9 Å². The Morgan fingerprint density at radius 3 is 2.96 bits per heavy atom. The van der Waals surface area contributed by atoms with Crippen molar-refractivity contribution in [2.75, 3.05) is 5.32 Å². The van der Waals surface area contributed by atoms with Crippen LogP contribution in [-0.2, 0) is 6.54 Å². The highest BCUT2D eigenvalue weighted by atomic mass is 32.1. The van der Waals surface area contributed by atoms with E-state index in [4.69, 9.17) is 9.97 Å². The predicted octanol–water partition coefficient (Wildman–Crippen LogP) is 4.16. The normalized spacial score (nSPS) is 17.3. The molecule has 6 rings (SSSR count). The standard InChI is InChI=1S/C20H16N6S/c1-2-5-12(6-3-1)9-22-18-16-15-13-7-4-8-14(13)17(15)27-19(16)25-20(24-18)26-11-21-10-23-26/h1-3,5-7,10-11,14H,4,8-9H2,(H,22,24,25). The van der Waals surface area contributed by atoms with Gasteiger partial charge in [0.2, 0.25) is 0 Å². The molecule has 3 aromatic heterocycles. The molecule has 132 valence electrons. The summed E-state index contributed by atoms with van der Waals surface area (Å²) in [6.45, 7) is 0.719. The maximum atomic E-state index is 4.80. The molecule has 27 heavy (non-hydrogen) atoms. The van der Waals surface area contributed by atoms with Gasteiger partial charge in [-0.15, -0.1) is 11.3 Å². The summed E-state index contributed by atoms with van der Waals surface area (Å²) in [5.41, 5.74) is 4.06. The minimum absolute atomic E-state index is 0.552. The van der Waals surface area contributed by atoms with E-state index < -0.39 is 0 Å². The molecule has 1 N–H and O–H groups in total. The lowest BCUT2D eigenvalue weighted by molar-refractivity contribution is 0.797. The van der Waals surface area contributed by atoms with Crippen molar-refractivity contribution in [3.8, 4) is 5.95 Å². The lowest BCUT2D eigenvalue weighted by Gasteiger charge is -2.26. The highest BCUT2D eigenvalue weighted by molar-refractivity contribution is 7.19. The van der Waals surface area contributed by atoms with Crippen LogP contribution in [0, 0.1) is 0 Å². The van der Waals surface area contributed by atoms with Gasteiger partial charge in [-0.25, -0.2) is 4.98 Å². The first kappa shape index (κ1) is 15.0. The molecule has 0 fully saturated rings. The van der Waals surface area contributed by atoms with Crippen LogP contribution in [0.25, 0.3) is 21.7 Å². The van der Waals surface area contributed by atoms with Crippen molar-refractivity contribution in [1.82, 2.24) is 24.7 Å². The zero-order chi connectivity index (χ0) is 17.8. The molecule has 2 aliphatic carbocycles. The fourth-order valence-electron chi connectivity index (χ4n) is 4.04. The zero-order valence-corrected chi connectivity index (χ0v) is 15.3. The Balaban J connectivity index is 1.50. The van der Waals surface area contributed by atoms with Gasteiger partial charge in [0, 0.05) is 22.9 Å². The highest BCUT2D eigenvalue weighted by Gasteiger charge is 2.39. The number of rotatable bonds is 4. The second-order valence-corrected chi connectivity index (χ2v) is 7.89. The summed E-state index contributed by atoms with van der Waals surface area (Å²) in [4.78, 5) is 16.1. The molecule has 1 atom stereocenters. The van der Waals surface area contributed by atoms with Crippen LogP contribution in [0.1, 0.15) is 34.8 Å². The molecule has 0 radical (unpaired) electrons. The van der Waals surface area contributed by atoms with E-state index in [1.807, 2.05) is 6.07 Å². The molecule has 0 amide bonds. The Morgan fingerprint density at radius 1 is 1.19 bits per heavy atom. The van der Waals surface area contributed by atoms with Crippen molar-refractivity contribution in [3.05, 3.63) is 65.1 Å². The number of benzene rings is 1. The second kappa shape index (κ2) is 5.72. The first-order chi connectivity index (χ1) is 13.4. The molecular weight excluding hydrogens is 356 g/mol. The number of fused-ring (bicyclic) bond motifs is 6. The molecule has 4 aromatic rings. The fraction of sp³-hybridized carbons (Fsp3) is 0.200. The van der Waals surface area contributed by atoms with Crippen molar-refractivity contribution in [3.63, 3.8) is 0 Å². The van der Waals surface area contributed by atoms with Gasteiger partial charge in [0.1, 0.15) is 23.3 Å². The third-order valence-corrected chi connectivity index (χ3v) is 6.49. The quantitative estimate of drug-likeness (QED) is 0.583. The number of hydrogen-bond donors (Lipinski definition) is 1. The average molecular weight is 372 g/mol. The molecule has 0 aliphatic heterocycles. The van der Waals surface area contributed by atoms with Crippen molar-refractivity contribution in [1.29, 1.82) is 0 Å². The van der Waals surface area contributed by atoms with E-state index in [9.17, 15) is 0 Å². The number of thiophene rings is 1. The number of hydrogen-bond acceptors (Lipinski definition) is 6. The Bertz CT molecular complexity index is 1180. The van der Waals surface area contributed by atoms with Gasteiger partial charge < -0.3 is 5.32 Å². The SMILES string of the molecule is C1=C2c3c(sc4nc(-n5cncn5)nc(NCc5ccccc5)c34)C2CC1. The largest absolute Gasteiger partial charge is 0.365 e. The average Bonchev–Trinajstić information content (AvgIpc) is 3.42. The van der Waals surface area contributed by atoms with Crippen LogP contribution in [0.5, 0.6) is 0 Å². The topological polar surface area (TPSA) is 68.5 Å². The van der Waals surface area contributed by atoms with Crippen LogP contribution < -0.4 is 5.32 Å². The first-order valence-electron chi connectivity index (χ1n) is 9.06. The van der Waals surface area contributed by atoms with E-state index in [1.54, 1.807) is 22.3 Å². The van der Waals surface area contributed by atoms with Gasteiger partial charge in [0.15, 0.2) is 0 Å². The van der Waals surface area contributed by atoms with Gasteiger partial charge in [-0.05, 0) is 24.0 Å². The molecule has 0 saturated carbocycles. The summed E-state index contributed by atoms with van der Waals surface area (Å²) >= 11 is 1.80. The second-order valence-electron chi connectivity index (χ2n) is 6.86. The predicted molar refractivity (Wildman–Crippen MR) is 106 cm³/mol.